The SMILES string of the molecule is CC(C)COC(=O)[C@H]1C(=O)C[C@](C)(O)[C@@H](C(=O)OCC(C)C)[C@H]1c1ccc(N(C)C)cc1. The molecule has 1 aromatic rings. The topological polar surface area (TPSA) is 93.1 Å². The summed E-state index contributed by atoms with van der Waals surface area (Å²) in [6.45, 7) is 9.47. The van der Waals surface area contributed by atoms with Gasteiger partial charge in [-0.05, 0) is 36.5 Å². The van der Waals surface area contributed by atoms with Gasteiger partial charge in [-0.25, -0.2) is 0 Å². The van der Waals surface area contributed by atoms with E-state index < -0.39 is 41.1 Å². The molecule has 7 nitrogen and oxygen atoms in total. The second-order valence-electron chi connectivity index (χ2n) is 10.0. The minimum atomic E-state index is -1.65. The molecule has 0 bridgehead atoms. The van der Waals surface area contributed by atoms with Gasteiger partial charge in [0.05, 0.1) is 24.7 Å². The molecule has 0 aromatic heterocycles. The van der Waals surface area contributed by atoms with Crippen molar-refractivity contribution < 1.29 is 29.0 Å². The van der Waals surface area contributed by atoms with Crippen molar-refractivity contribution in [3.8, 4) is 0 Å². The second-order valence-corrected chi connectivity index (χ2v) is 10.0. The Morgan fingerprint density at radius 2 is 1.53 bits per heavy atom. The molecule has 0 saturated heterocycles. The molecule has 4 atom stereocenters. The number of nitrogens with zero attached hydrogens (tertiary/aromatic N) is 1. The number of aliphatic hydroxyl groups is 1. The number of ether oxygens (including phenoxy) is 2. The van der Waals surface area contributed by atoms with E-state index >= 15 is 0 Å². The summed E-state index contributed by atoms with van der Waals surface area (Å²) in [6.07, 6.45) is -0.317. The first-order valence-electron chi connectivity index (χ1n) is 11.2. The maximum atomic E-state index is 13.2. The summed E-state index contributed by atoms with van der Waals surface area (Å²) in [4.78, 5) is 41.2. The fourth-order valence-corrected chi connectivity index (χ4v) is 4.09. The van der Waals surface area contributed by atoms with Gasteiger partial charge in [-0.3, -0.25) is 14.4 Å². The van der Waals surface area contributed by atoms with Crippen LogP contribution < -0.4 is 4.90 Å². The quantitative estimate of drug-likeness (QED) is 0.483. The van der Waals surface area contributed by atoms with Crippen molar-refractivity contribution in [2.45, 2.75) is 52.6 Å². The van der Waals surface area contributed by atoms with Gasteiger partial charge in [-0.15, -0.1) is 0 Å². The molecule has 1 aliphatic carbocycles. The highest BCUT2D eigenvalue weighted by Crippen LogP contribution is 2.47. The van der Waals surface area contributed by atoms with Crippen molar-refractivity contribution in [1.82, 2.24) is 0 Å². The minimum absolute atomic E-state index is 0.102. The minimum Gasteiger partial charge on any atom is -0.465 e. The lowest BCUT2D eigenvalue weighted by molar-refractivity contribution is -0.173. The molecule has 0 unspecified atom stereocenters. The largest absolute Gasteiger partial charge is 0.465 e. The standard InChI is InChI=1S/C25H37NO6/c1-15(2)13-31-23(28)21-19(27)12-25(5,30)22(24(29)32-14-16(3)4)20(21)17-8-10-18(11-9-17)26(6)7/h8-11,15-16,20-22,30H,12-14H2,1-7H3/t20-,21-,22+,25-/m0/s1. The highest BCUT2D eigenvalue weighted by atomic mass is 16.5. The van der Waals surface area contributed by atoms with Crippen LogP contribution in [-0.2, 0) is 23.9 Å². The van der Waals surface area contributed by atoms with Crippen molar-refractivity contribution in [3.63, 3.8) is 0 Å². The lowest BCUT2D eigenvalue weighted by atomic mass is 9.61. The van der Waals surface area contributed by atoms with Crippen LogP contribution in [0, 0.1) is 23.7 Å². The van der Waals surface area contributed by atoms with Gasteiger partial charge in [-0.2, -0.15) is 0 Å². The Kier molecular flexibility index (Phi) is 8.46. The van der Waals surface area contributed by atoms with E-state index in [4.69, 9.17) is 9.47 Å². The van der Waals surface area contributed by atoms with Crippen molar-refractivity contribution in [2.24, 2.45) is 23.7 Å². The summed E-state index contributed by atoms with van der Waals surface area (Å²) in [5.41, 5.74) is -0.104. The first kappa shape index (κ1) is 25.8. The van der Waals surface area contributed by atoms with Crippen molar-refractivity contribution in [3.05, 3.63) is 29.8 Å². The number of carbonyl (C=O) groups excluding carboxylic acids is 3. The van der Waals surface area contributed by atoms with Crippen LogP contribution in [0.15, 0.2) is 24.3 Å². The molecule has 0 radical (unpaired) electrons. The molecular weight excluding hydrogens is 410 g/mol. The Balaban J connectivity index is 2.54. The third-order valence-corrected chi connectivity index (χ3v) is 5.69. The van der Waals surface area contributed by atoms with E-state index in [0.29, 0.717) is 5.56 Å². The molecule has 1 fully saturated rings. The summed E-state index contributed by atoms with van der Waals surface area (Å²) in [5, 5.41) is 11.2. The molecule has 0 aliphatic heterocycles. The fraction of sp³-hybridized carbons (Fsp3) is 0.640. The zero-order valence-electron chi connectivity index (χ0n) is 20.3. The van der Waals surface area contributed by atoms with E-state index in [0.717, 1.165) is 5.69 Å². The predicted octanol–water partition coefficient (Wildman–Crippen LogP) is 3.19. The molecule has 1 aliphatic rings. The van der Waals surface area contributed by atoms with E-state index in [1.165, 1.54) is 6.92 Å². The Morgan fingerprint density at radius 3 is 2.00 bits per heavy atom. The van der Waals surface area contributed by atoms with Crippen molar-refractivity contribution in [1.29, 1.82) is 0 Å². The normalized spacial score (nSPS) is 25.7. The first-order valence-corrected chi connectivity index (χ1v) is 11.2. The highest BCUT2D eigenvalue weighted by molar-refractivity contribution is 6.02. The first-order chi connectivity index (χ1) is 14.8. The van der Waals surface area contributed by atoms with Gasteiger partial charge in [0, 0.05) is 32.1 Å². The van der Waals surface area contributed by atoms with Crippen molar-refractivity contribution in [2.75, 3.05) is 32.2 Å². The summed E-state index contributed by atoms with van der Waals surface area (Å²) in [7, 11) is 3.81. The summed E-state index contributed by atoms with van der Waals surface area (Å²) < 4.78 is 10.9. The number of benzene rings is 1. The summed E-state index contributed by atoms with van der Waals surface area (Å²) in [6, 6.07) is 7.30. The van der Waals surface area contributed by atoms with Gasteiger partial charge in [0.25, 0.3) is 0 Å². The zero-order chi connectivity index (χ0) is 24.2. The van der Waals surface area contributed by atoms with E-state index in [1.54, 1.807) is 12.1 Å². The van der Waals surface area contributed by atoms with Crippen molar-refractivity contribution >= 4 is 23.4 Å². The Labute approximate surface area is 191 Å². The van der Waals surface area contributed by atoms with Gasteiger partial charge < -0.3 is 19.5 Å². The number of Topliss-reactive ketones (excluding diaryl/α,β-unsaturated/α-hetero) is 1. The molecule has 0 spiro atoms. The maximum absolute atomic E-state index is 13.2. The number of rotatable bonds is 8. The number of esters is 2. The van der Waals surface area contributed by atoms with Crippen LogP contribution in [0.4, 0.5) is 5.69 Å². The van der Waals surface area contributed by atoms with Crippen LogP contribution in [0.25, 0.3) is 0 Å². The lowest BCUT2D eigenvalue weighted by Gasteiger charge is -2.43. The Hall–Kier alpha value is -2.41. The second kappa shape index (κ2) is 10.5. The van der Waals surface area contributed by atoms with E-state index in [-0.39, 0.29) is 31.5 Å². The van der Waals surface area contributed by atoms with Gasteiger partial charge in [0.15, 0.2) is 5.78 Å². The summed E-state index contributed by atoms with van der Waals surface area (Å²) in [5.74, 6) is -4.65. The monoisotopic (exact) mass is 447 g/mol. The molecule has 7 heteroatoms. The van der Waals surface area contributed by atoms with E-state index in [1.807, 2.05) is 58.8 Å². The predicted molar refractivity (Wildman–Crippen MR) is 122 cm³/mol. The van der Waals surface area contributed by atoms with Crippen LogP contribution in [-0.4, -0.2) is 55.7 Å². The molecule has 32 heavy (non-hydrogen) atoms. The average Bonchev–Trinajstić information content (AvgIpc) is 2.69. The van der Waals surface area contributed by atoms with E-state index in [2.05, 4.69) is 0 Å². The number of hydrogen-bond acceptors (Lipinski definition) is 7. The third-order valence-electron chi connectivity index (χ3n) is 5.69. The molecule has 2 rings (SSSR count). The smallest absolute Gasteiger partial charge is 0.317 e. The molecule has 1 saturated carbocycles. The van der Waals surface area contributed by atoms with Gasteiger partial charge >= 0.3 is 11.9 Å². The Bertz CT molecular complexity index is 812. The van der Waals surface area contributed by atoms with Crippen LogP contribution >= 0.6 is 0 Å². The van der Waals surface area contributed by atoms with Gasteiger partial charge in [-0.1, -0.05) is 39.8 Å². The number of hydrogen-bond donors (Lipinski definition) is 1. The fourth-order valence-electron chi connectivity index (χ4n) is 4.09. The van der Waals surface area contributed by atoms with E-state index in [9.17, 15) is 19.5 Å². The molecule has 0 heterocycles. The van der Waals surface area contributed by atoms with Crippen LogP contribution in [0.2, 0.25) is 0 Å². The third kappa shape index (κ3) is 6.09. The van der Waals surface area contributed by atoms with Crippen LogP contribution in [0.3, 0.4) is 0 Å². The number of ketones is 1. The van der Waals surface area contributed by atoms with Gasteiger partial charge in [0.2, 0.25) is 0 Å². The highest BCUT2D eigenvalue weighted by Gasteiger charge is 2.57. The molecular formula is C25H37NO6. The lowest BCUT2D eigenvalue weighted by Crippen LogP contribution is -2.55. The summed E-state index contributed by atoms with van der Waals surface area (Å²) >= 11 is 0. The van der Waals surface area contributed by atoms with Crippen LogP contribution in [0.1, 0.15) is 52.5 Å². The van der Waals surface area contributed by atoms with Gasteiger partial charge in [0.1, 0.15) is 5.92 Å². The molecule has 1 aromatic carbocycles. The zero-order valence-corrected chi connectivity index (χ0v) is 20.3. The van der Waals surface area contributed by atoms with Crippen LogP contribution in [0.5, 0.6) is 0 Å². The number of anilines is 1. The molecule has 178 valence electrons. The maximum Gasteiger partial charge on any atom is 0.317 e. The number of carbonyl (C=O) groups is 3. The molecule has 0 amide bonds. The average molecular weight is 448 g/mol. The Morgan fingerprint density at radius 1 is 1.03 bits per heavy atom. The molecule has 1 N–H and O–H groups in total.